The van der Waals surface area contributed by atoms with Gasteiger partial charge in [-0.05, 0) is 19.9 Å². The van der Waals surface area contributed by atoms with E-state index in [1.807, 2.05) is 6.92 Å². The maximum absolute atomic E-state index is 5.40. The number of anilines is 1. The van der Waals surface area contributed by atoms with Gasteiger partial charge < -0.3 is 10.1 Å². The third-order valence-corrected chi connectivity index (χ3v) is 3.42. The van der Waals surface area contributed by atoms with Crippen LogP contribution in [0.4, 0.5) is 5.69 Å². The number of fused-ring (bicyclic) bond motifs is 1. The monoisotopic (exact) mass is 235 g/mol. The Kier molecular flexibility index (Phi) is 3.80. The molecule has 1 aromatic carbocycles. The summed E-state index contributed by atoms with van der Waals surface area (Å²) in [6.07, 6.45) is 0. The minimum Gasteiger partial charge on any atom is -0.380 e. The van der Waals surface area contributed by atoms with Crippen molar-refractivity contribution >= 4 is 27.1 Å². The number of hydrogen-bond acceptors (Lipinski definition) is 3. The molecule has 2 rings (SSSR count). The van der Waals surface area contributed by atoms with E-state index in [2.05, 4.69) is 41.9 Å². The Labute approximate surface area is 100 Å². The molecule has 0 saturated carbocycles. The van der Waals surface area contributed by atoms with Crippen LogP contribution in [-0.2, 0) is 4.74 Å². The lowest BCUT2D eigenvalue weighted by molar-refractivity contribution is 0.141. The van der Waals surface area contributed by atoms with Crippen LogP contribution in [0.1, 0.15) is 13.8 Å². The molecule has 86 valence electrons. The highest BCUT2D eigenvalue weighted by molar-refractivity contribution is 7.17. The number of ether oxygens (including phenoxy) is 1. The first-order chi connectivity index (χ1) is 7.81. The van der Waals surface area contributed by atoms with Crippen LogP contribution in [0.5, 0.6) is 0 Å². The second-order valence-electron chi connectivity index (χ2n) is 3.85. The number of thiophene rings is 1. The van der Waals surface area contributed by atoms with E-state index in [-0.39, 0.29) is 0 Å². The smallest absolute Gasteiger partial charge is 0.0664 e. The van der Waals surface area contributed by atoms with Gasteiger partial charge in [-0.2, -0.15) is 0 Å². The summed E-state index contributed by atoms with van der Waals surface area (Å²) in [6.45, 7) is 5.69. The molecule has 16 heavy (non-hydrogen) atoms. The number of hydrogen-bond donors (Lipinski definition) is 1. The molecule has 1 aromatic heterocycles. The number of rotatable bonds is 5. The fourth-order valence-electron chi connectivity index (χ4n) is 1.69. The van der Waals surface area contributed by atoms with E-state index in [1.54, 1.807) is 11.3 Å². The Morgan fingerprint density at radius 2 is 2.19 bits per heavy atom. The Morgan fingerprint density at radius 3 is 3.00 bits per heavy atom. The van der Waals surface area contributed by atoms with Gasteiger partial charge in [-0.3, -0.25) is 0 Å². The van der Waals surface area contributed by atoms with Crippen LogP contribution in [-0.4, -0.2) is 19.3 Å². The van der Waals surface area contributed by atoms with Gasteiger partial charge in [0.2, 0.25) is 0 Å². The van der Waals surface area contributed by atoms with Crippen LogP contribution < -0.4 is 5.32 Å². The summed E-state index contributed by atoms with van der Waals surface area (Å²) in [5.74, 6) is 0. The third-order valence-electron chi connectivity index (χ3n) is 2.45. The fourth-order valence-corrected chi connectivity index (χ4v) is 2.59. The van der Waals surface area contributed by atoms with E-state index in [1.165, 1.54) is 15.8 Å². The van der Waals surface area contributed by atoms with Gasteiger partial charge in [0, 0.05) is 28.1 Å². The molecular weight excluding hydrogens is 218 g/mol. The summed E-state index contributed by atoms with van der Waals surface area (Å²) >= 11 is 1.78. The van der Waals surface area contributed by atoms with Crippen molar-refractivity contribution < 1.29 is 4.74 Å². The van der Waals surface area contributed by atoms with Gasteiger partial charge >= 0.3 is 0 Å². The predicted octanol–water partition coefficient (Wildman–Crippen LogP) is 3.74. The van der Waals surface area contributed by atoms with Crippen molar-refractivity contribution in [2.24, 2.45) is 0 Å². The highest BCUT2D eigenvalue weighted by Crippen LogP contribution is 2.30. The van der Waals surface area contributed by atoms with Crippen molar-refractivity contribution in [3.63, 3.8) is 0 Å². The number of benzene rings is 1. The summed E-state index contributed by atoms with van der Waals surface area (Å²) in [5, 5.41) is 6.96. The van der Waals surface area contributed by atoms with Gasteiger partial charge in [-0.25, -0.2) is 0 Å². The average Bonchev–Trinajstić information content (AvgIpc) is 2.70. The maximum Gasteiger partial charge on any atom is 0.0664 e. The van der Waals surface area contributed by atoms with Gasteiger partial charge in [0.1, 0.15) is 0 Å². The molecule has 0 aliphatic heterocycles. The largest absolute Gasteiger partial charge is 0.380 e. The standard InChI is InChI=1S/C13H17NOS/c1-3-15-8-10(2)14-12-9-16-13-7-5-4-6-11(12)13/h4-7,9-10,14H,3,8H2,1-2H3. The van der Waals surface area contributed by atoms with E-state index in [0.717, 1.165) is 13.2 Å². The molecular formula is C13H17NOS. The Morgan fingerprint density at radius 1 is 1.38 bits per heavy atom. The SMILES string of the molecule is CCOCC(C)Nc1csc2ccccc12. The second-order valence-corrected chi connectivity index (χ2v) is 4.76. The third kappa shape index (κ3) is 2.54. The molecule has 1 N–H and O–H groups in total. The maximum atomic E-state index is 5.40. The lowest BCUT2D eigenvalue weighted by Crippen LogP contribution is -2.21. The predicted molar refractivity (Wildman–Crippen MR) is 71.4 cm³/mol. The minimum atomic E-state index is 0.345. The zero-order chi connectivity index (χ0) is 11.4. The molecule has 3 heteroatoms. The molecule has 0 saturated heterocycles. The molecule has 1 atom stereocenters. The normalized spacial score (nSPS) is 12.9. The van der Waals surface area contributed by atoms with E-state index < -0.39 is 0 Å². The minimum absolute atomic E-state index is 0.345. The lowest BCUT2D eigenvalue weighted by atomic mass is 10.2. The zero-order valence-corrected chi connectivity index (χ0v) is 10.5. The van der Waals surface area contributed by atoms with Crippen molar-refractivity contribution in [3.8, 4) is 0 Å². The van der Waals surface area contributed by atoms with Gasteiger partial charge in [0.15, 0.2) is 0 Å². The van der Waals surface area contributed by atoms with E-state index in [4.69, 9.17) is 4.74 Å². The summed E-state index contributed by atoms with van der Waals surface area (Å²) in [7, 11) is 0. The molecule has 0 radical (unpaired) electrons. The van der Waals surface area contributed by atoms with Crippen molar-refractivity contribution in [1.82, 2.24) is 0 Å². The van der Waals surface area contributed by atoms with Crippen molar-refractivity contribution in [3.05, 3.63) is 29.6 Å². The van der Waals surface area contributed by atoms with Crippen LogP contribution >= 0.6 is 11.3 Å². The summed E-state index contributed by atoms with van der Waals surface area (Å²) in [4.78, 5) is 0. The van der Waals surface area contributed by atoms with Crippen LogP contribution in [0.2, 0.25) is 0 Å². The first-order valence-corrected chi connectivity index (χ1v) is 6.49. The lowest BCUT2D eigenvalue weighted by Gasteiger charge is -2.14. The molecule has 1 unspecified atom stereocenters. The first kappa shape index (κ1) is 11.4. The molecule has 0 aliphatic carbocycles. The van der Waals surface area contributed by atoms with Crippen molar-refractivity contribution in [1.29, 1.82) is 0 Å². The average molecular weight is 235 g/mol. The zero-order valence-electron chi connectivity index (χ0n) is 9.69. The quantitative estimate of drug-likeness (QED) is 0.852. The summed E-state index contributed by atoms with van der Waals surface area (Å²) < 4.78 is 6.72. The summed E-state index contributed by atoms with van der Waals surface area (Å²) in [6, 6.07) is 8.80. The summed E-state index contributed by atoms with van der Waals surface area (Å²) in [5.41, 5.74) is 1.22. The highest BCUT2D eigenvalue weighted by atomic mass is 32.1. The van der Waals surface area contributed by atoms with Gasteiger partial charge in [0.05, 0.1) is 12.3 Å². The molecule has 0 amide bonds. The molecule has 0 bridgehead atoms. The molecule has 2 nitrogen and oxygen atoms in total. The van der Waals surface area contributed by atoms with Crippen molar-refractivity contribution in [2.75, 3.05) is 18.5 Å². The fraction of sp³-hybridized carbons (Fsp3) is 0.385. The van der Waals surface area contributed by atoms with Gasteiger partial charge in [-0.15, -0.1) is 11.3 Å². The topological polar surface area (TPSA) is 21.3 Å². The van der Waals surface area contributed by atoms with Crippen molar-refractivity contribution in [2.45, 2.75) is 19.9 Å². The molecule has 0 spiro atoms. The molecule has 2 aromatic rings. The van der Waals surface area contributed by atoms with Crippen LogP contribution in [0.25, 0.3) is 10.1 Å². The van der Waals surface area contributed by atoms with E-state index >= 15 is 0 Å². The Bertz CT molecular complexity index is 452. The first-order valence-electron chi connectivity index (χ1n) is 5.61. The Hall–Kier alpha value is -1.06. The highest BCUT2D eigenvalue weighted by Gasteiger charge is 2.06. The molecule has 0 fully saturated rings. The Balaban J connectivity index is 2.09. The van der Waals surface area contributed by atoms with E-state index in [0.29, 0.717) is 6.04 Å². The van der Waals surface area contributed by atoms with Crippen LogP contribution in [0.3, 0.4) is 0 Å². The molecule has 0 aliphatic rings. The van der Waals surface area contributed by atoms with Gasteiger partial charge in [-0.1, -0.05) is 18.2 Å². The van der Waals surface area contributed by atoms with Crippen LogP contribution in [0, 0.1) is 0 Å². The molecule has 1 heterocycles. The van der Waals surface area contributed by atoms with Gasteiger partial charge in [0.25, 0.3) is 0 Å². The number of nitrogens with one attached hydrogen (secondary N) is 1. The van der Waals surface area contributed by atoms with E-state index in [9.17, 15) is 0 Å². The van der Waals surface area contributed by atoms with Crippen LogP contribution in [0.15, 0.2) is 29.6 Å². The second kappa shape index (κ2) is 5.32.